The van der Waals surface area contributed by atoms with Crippen molar-refractivity contribution in [1.82, 2.24) is 9.97 Å². The summed E-state index contributed by atoms with van der Waals surface area (Å²) in [6.07, 6.45) is 3.49. The Balaban J connectivity index is 1.87. The molecule has 0 radical (unpaired) electrons. The summed E-state index contributed by atoms with van der Waals surface area (Å²) in [6.45, 7) is 4.23. The van der Waals surface area contributed by atoms with E-state index in [1.165, 1.54) is 9.80 Å². The molecule has 1 aliphatic rings. The number of likely N-dealkylation sites (N-methyl/N-ethyl adjacent to an activating group) is 1. The maximum Gasteiger partial charge on any atom is 0.160 e. The fourth-order valence-corrected chi connectivity index (χ4v) is 4.12. The van der Waals surface area contributed by atoms with Crippen LogP contribution in [0.1, 0.15) is 17.3 Å². The van der Waals surface area contributed by atoms with E-state index >= 15 is 0 Å². The number of hydrogen-bond acceptors (Lipinski definition) is 3. The van der Waals surface area contributed by atoms with Crippen LogP contribution in [-0.4, -0.2) is 48.3 Å². The second-order valence-corrected chi connectivity index (χ2v) is 7.41. The zero-order valence-corrected chi connectivity index (χ0v) is 15.5. The molecule has 0 bridgehead atoms. The fraction of sp³-hybridized carbons (Fsp3) is 0.300. The molecule has 26 heavy (non-hydrogen) atoms. The molecular formula is C20H23ClN4O+2. The summed E-state index contributed by atoms with van der Waals surface area (Å²) < 4.78 is 0. The van der Waals surface area contributed by atoms with Crippen LogP contribution in [0.5, 0.6) is 5.75 Å². The molecule has 0 amide bonds. The number of rotatable bonds is 3. The molecule has 134 valence electrons. The Bertz CT molecular complexity index is 910. The van der Waals surface area contributed by atoms with E-state index < -0.39 is 0 Å². The van der Waals surface area contributed by atoms with Crippen molar-refractivity contribution in [2.24, 2.45) is 0 Å². The molecule has 6 heteroatoms. The van der Waals surface area contributed by atoms with Crippen LogP contribution in [-0.2, 0) is 0 Å². The lowest BCUT2D eigenvalue weighted by molar-refractivity contribution is -1.02. The van der Waals surface area contributed by atoms with E-state index in [0.717, 1.165) is 42.8 Å². The van der Waals surface area contributed by atoms with Crippen LogP contribution in [0.3, 0.4) is 0 Å². The Morgan fingerprint density at radius 1 is 1.04 bits per heavy atom. The highest BCUT2D eigenvalue weighted by Gasteiger charge is 2.34. The topological polar surface area (TPSA) is 54.9 Å². The smallest absolute Gasteiger partial charge is 0.160 e. The maximum atomic E-state index is 11.0. The lowest BCUT2D eigenvalue weighted by Crippen LogP contribution is -3.27. The van der Waals surface area contributed by atoms with Gasteiger partial charge in [0.25, 0.3) is 0 Å². The van der Waals surface area contributed by atoms with E-state index in [9.17, 15) is 5.11 Å². The number of nitrogens with zero attached hydrogens (tertiary/aromatic N) is 2. The number of fused-ring (bicyclic) bond motifs is 1. The summed E-state index contributed by atoms with van der Waals surface area (Å²) in [6, 6.07) is 11.5. The molecule has 0 unspecified atom stereocenters. The number of pyridine rings is 2. The number of phenols is 1. The van der Waals surface area contributed by atoms with Gasteiger partial charge >= 0.3 is 0 Å². The largest absolute Gasteiger partial charge is 0.505 e. The molecule has 4 rings (SSSR count). The highest BCUT2D eigenvalue weighted by Crippen LogP contribution is 2.36. The summed E-state index contributed by atoms with van der Waals surface area (Å²) in [5.74, 6) is 0.208. The van der Waals surface area contributed by atoms with Crippen molar-refractivity contribution in [2.75, 3.05) is 33.2 Å². The number of aromatic hydroxyl groups is 1. The van der Waals surface area contributed by atoms with E-state index in [-0.39, 0.29) is 11.8 Å². The Morgan fingerprint density at radius 2 is 1.81 bits per heavy atom. The van der Waals surface area contributed by atoms with Crippen LogP contribution in [0.15, 0.2) is 48.8 Å². The lowest BCUT2D eigenvalue weighted by atomic mass is 9.97. The van der Waals surface area contributed by atoms with Crippen LogP contribution < -0.4 is 9.80 Å². The average Bonchev–Trinajstić information content (AvgIpc) is 2.68. The monoisotopic (exact) mass is 370 g/mol. The molecule has 5 nitrogen and oxygen atoms in total. The summed E-state index contributed by atoms with van der Waals surface area (Å²) >= 11 is 6.54. The third-order valence-corrected chi connectivity index (χ3v) is 5.61. The number of phenolic OH excluding ortho intramolecular Hbond substituents is 1. The van der Waals surface area contributed by atoms with E-state index in [2.05, 4.69) is 17.0 Å². The molecule has 1 saturated heterocycles. The highest BCUT2D eigenvalue weighted by molar-refractivity contribution is 6.35. The molecule has 3 N–H and O–H groups in total. The van der Waals surface area contributed by atoms with Crippen LogP contribution in [0.25, 0.3) is 10.9 Å². The Kier molecular flexibility index (Phi) is 4.76. The van der Waals surface area contributed by atoms with Gasteiger partial charge in [0.15, 0.2) is 11.8 Å². The summed E-state index contributed by atoms with van der Waals surface area (Å²) in [7, 11) is 2.22. The number of benzene rings is 1. The van der Waals surface area contributed by atoms with Gasteiger partial charge in [0.1, 0.15) is 37.4 Å². The summed E-state index contributed by atoms with van der Waals surface area (Å²) in [5, 5.41) is 12.4. The van der Waals surface area contributed by atoms with Gasteiger partial charge in [-0.3, -0.25) is 9.97 Å². The van der Waals surface area contributed by atoms with Crippen molar-refractivity contribution in [3.05, 3.63) is 65.1 Å². The molecule has 1 fully saturated rings. The Hall–Kier alpha value is -2.21. The molecule has 1 aromatic carbocycles. The molecule has 0 aliphatic carbocycles. The second-order valence-electron chi connectivity index (χ2n) is 7.00. The SMILES string of the molecule is C[NH+]1CC[NH+]([C@@H](c2ccccn2)c2cc(Cl)c3cccnc3c2O)CC1. The van der Waals surface area contributed by atoms with E-state index in [1.807, 2.05) is 36.4 Å². The molecule has 0 spiro atoms. The van der Waals surface area contributed by atoms with Gasteiger partial charge in [0.05, 0.1) is 17.6 Å². The van der Waals surface area contributed by atoms with Crippen molar-refractivity contribution < 1.29 is 14.9 Å². The maximum absolute atomic E-state index is 11.0. The number of aromatic nitrogens is 2. The van der Waals surface area contributed by atoms with Crippen molar-refractivity contribution in [1.29, 1.82) is 0 Å². The number of halogens is 1. The molecule has 3 heterocycles. The molecular weight excluding hydrogens is 348 g/mol. The van der Waals surface area contributed by atoms with Gasteiger partial charge in [-0.25, -0.2) is 0 Å². The van der Waals surface area contributed by atoms with Crippen LogP contribution in [0.4, 0.5) is 0 Å². The van der Waals surface area contributed by atoms with Gasteiger partial charge < -0.3 is 14.9 Å². The molecule has 3 aromatic rings. The minimum absolute atomic E-state index is 0.0618. The normalized spacial score (nSPS) is 21.6. The van der Waals surface area contributed by atoms with Crippen molar-refractivity contribution in [3.8, 4) is 5.75 Å². The zero-order chi connectivity index (χ0) is 18.1. The third-order valence-electron chi connectivity index (χ3n) is 5.29. The number of nitrogens with one attached hydrogen (secondary N) is 2. The van der Waals surface area contributed by atoms with Gasteiger partial charge in [-0.1, -0.05) is 17.7 Å². The summed E-state index contributed by atoms with van der Waals surface area (Å²) in [5.41, 5.74) is 2.30. The van der Waals surface area contributed by atoms with Crippen LogP contribution >= 0.6 is 11.6 Å². The van der Waals surface area contributed by atoms with E-state index in [0.29, 0.717) is 10.5 Å². The van der Waals surface area contributed by atoms with Gasteiger partial charge in [-0.15, -0.1) is 0 Å². The predicted octanol–water partition coefficient (Wildman–Crippen LogP) is 0.491. The minimum atomic E-state index is -0.0618. The van der Waals surface area contributed by atoms with Crippen LogP contribution in [0, 0.1) is 0 Å². The number of quaternary nitrogens is 2. The van der Waals surface area contributed by atoms with Crippen molar-refractivity contribution in [3.63, 3.8) is 0 Å². The van der Waals surface area contributed by atoms with E-state index in [4.69, 9.17) is 11.6 Å². The number of hydrogen-bond donors (Lipinski definition) is 3. The fourth-order valence-electron chi connectivity index (χ4n) is 3.85. The first-order valence-electron chi connectivity index (χ1n) is 8.98. The zero-order valence-electron chi connectivity index (χ0n) is 14.7. The quantitative estimate of drug-likeness (QED) is 0.629. The molecule has 2 aromatic heterocycles. The second kappa shape index (κ2) is 7.19. The average molecular weight is 371 g/mol. The lowest BCUT2D eigenvalue weighted by Gasteiger charge is -2.33. The molecule has 1 atom stereocenters. The predicted molar refractivity (Wildman–Crippen MR) is 102 cm³/mol. The minimum Gasteiger partial charge on any atom is -0.505 e. The van der Waals surface area contributed by atoms with Crippen molar-refractivity contribution >= 4 is 22.5 Å². The van der Waals surface area contributed by atoms with Gasteiger partial charge in [0, 0.05) is 17.8 Å². The first kappa shape index (κ1) is 17.2. The number of piperazine rings is 1. The first-order chi connectivity index (χ1) is 12.6. The van der Waals surface area contributed by atoms with Gasteiger partial charge in [0.2, 0.25) is 0 Å². The van der Waals surface area contributed by atoms with E-state index in [1.54, 1.807) is 12.4 Å². The Labute approximate surface area is 157 Å². The van der Waals surface area contributed by atoms with Gasteiger partial charge in [-0.2, -0.15) is 0 Å². The Morgan fingerprint density at radius 3 is 2.54 bits per heavy atom. The van der Waals surface area contributed by atoms with Crippen LogP contribution in [0.2, 0.25) is 5.02 Å². The van der Waals surface area contributed by atoms with Crippen molar-refractivity contribution in [2.45, 2.75) is 6.04 Å². The molecule has 1 aliphatic heterocycles. The third kappa shape index (κ3) is 3.14. The summed E-state index contributed by atoms with van der Waals surface area (Å²) in [4.78, 5) is 11.9. The standard InChI is InChI=1S/C20H21ClN4O/c1-24-9-11-25(12-10-24)19(17-6-2-3-7-22-17)15-13-16(21)14-5-4-8-23-18(14)20(15)26/h2-8,13,19,26H,9-12H2,1H3/p+2/t19-/m1/s1. The molecule has 0 saturated carbocycles. The highest BCUT2D eigenvalue weighted by atomic mass is 35.5. The first-order valence-corrected chi connectivity index (χ1v) is 9.36. The van der Waals surface area contributed by atoms with Gasteiger partial charge in [-0.05, 0) is 30.3 Å².